The van der Waals surface area contributed by atoms with Crippen LogP contribution in [0.15, 0.2) is 42.5 Å². The summed E-state index contributed by atoms with van der Waals surface area (Å²) in [7, 11) is 1.61. The number of rotatable bonds is 7. The second-order valence-electron chi connectivity index (χ2n) is 10.5. The topological polar surface area (TPSA) is 54.0 Å². The number of esters is 1. The molecule has 0 spiro atoms. The van der Waals surface area contributed by atoms with Crippen molar-refractivity contribution in [3.05, 3.63) is 59.2 Å². The molecule has 0 N–H and O–H groups in total. The van der Waals surface area contributed by atoms with Gasteiger partial charge in [0.1, 0.15) is 11.5 Å². The number of methoxy groups -OCH3 is 1. The smallest absolute Gasteiger partial charge is 0.308 e. The predicted octanol–water partition coefficient (Wildman–Crippen LogP) is 5.82. The highest BCUT2D eigenvalue weighted by Gasteiger charge is 2.53. The van der Waals surface area contributed by atoms with Crippen molar-refractivity contribution in [1.29, 1.82) is 0 Å². The maximum absolute atomic E-state index is 12.0. The standard InChI is InChI=1S/C30H34O5/c1-20(31)35-27-11-12-28(34-19-33-21(2)32-3)29(26(27)10-9-22-7-5-4-6-8-22)30-16-23-13-24(17-30)15-25(14-23)18-30/h4-8,11-12,21,23-25H,13-19H2,1-3H3. The Labute approximate surface area is 208 Å². The molecule has 4 aliphatic rings. The Bertz CT molecular complexity index is 1090. The molecule has 0 amide bonds. The Hall–Kier alpha value is -2.81. The van der Waals surface area contributed by atoms with Gasteiger partial charge in [-0.25, -0.2) is 0 Å². The Morgan fingerprint density at radius 1 is 0.971 bits per heavy atom. The van der Waals surface area contributed by atoms with Gasteiger partial charge in [-0.1, -0.05) is 30.0 Å². The van der Waals surface area contributed by atoms with Crippen molar-refractivity contribution in [3.63, 3.8) is 0 Å². The zero-order valence-electron chi connectivity index (χ0n) is 20.8. The first-order chi connectivity index (χ1) is 17.0. The van der Waals surface area contributed by atoms with Crippen LogP contribution in [-0.4, -0.2) is 26.2 Å². The SMILES string of the molecule is COC(C)OCOc1ccc(OC(C)=O)c(C#Cc2ccccc2)c1C12CC3CC(CC(C3)C1)C2. The first kappa shape index (κ1) is 23.9. The lowest BCUT2D eigenvalue weighted by atomic mass is 9.47. The molecular formula is C30H34O5. The second kappa shape index (κ2) is 10.0. The molecule has 1 unspecified atom stereocenters. The molecular weight excluding hydrogens is 440 g/mol. The molecule has 0 aromatic heterocycles. The summed E-state index contributed by atoms with van der Waals surface area (Å²) >= 11 is 0. The average molecular weight is 475 g/mol. The maximum Gasteiger partial charge on any atom is 0.308 e. The van der Waals surface area contributed by atoms with Crippen LogP contribution in [0, 0.1) is 29.6 Å². The summed E-state index contributed by atoms with van der Waals surface area (Å²) in [5.74, 6) is 9.86. The van der Waals surface area contributed by atoms with Crippen molar-refractivity contribution in [2.24, 2.45) is 17.8 Å². The Kier molecular flexibility index (Phi) is 6.86. The van der Waals surface area contributed by atoms with Crippen molar-refractivity contribution < 1.29 is 23.7 Å². The summed E-state index contributed by atoms with van der Waals surface area (Å²) in [5, 5.41) is 0. The highest BCUT2D eigenvalue weighted by Crippen LogP contribution is 2.62. The average Bonchev–Trinajstić information content (AvgIpc) is 2.83. The van der Waals surface area contributed by atoms with Gasteiger partial charge in [0.25, 0.3) is 0 Å². The van der Waals surface area contributed by atoms with E-state index in [1.165, 1.54) is 26.2 Å². The van der Waals surface area contributed by atoms with Gasteiger partial charge >= 0.3 is 5.97 Å². The molecule has 0 heterocycles. The summed E-state index contributed by atoms with van der Waals surface area (Å²) in [5.41, 5.74) is 2.76. The fourth-order valence-corrected chi connectivity index (χ4v) is 6.91. The van der Waals surface area contributed by atoms with E-state index in [0.29, 0.717) is 5.75 Å². The predicted molar refractivity (Wildman–Crippen MR) is 133 cm³/mol. The zero-order chi connectivity index (χ0) is 24.4. The van der Waals surface area contributed by atoms with Crippen LogP contribution >= 0.6 is 0 Å². The minimum Gasteiger partial charge on any atom is -0.467 e. The third-order valence-electron chi connectivity index (χ3n) is 7.91. The minimum absolute atomic E-state index is 0.0200. The van der Waals surface area contributed by atoms with Crippen molar-refractivity contribution in [1.82, 2.24) is 0 Å². The maximum atomic E-state index is 12.0. The van der Waals surface area contributed by atoms with Gasteiger partial charge in [0, 0.05) is 30.6 Å². The molecule has 2 aromatic carbocycles. The van der Waals surface area contributed by atoms with Crippen LogP contribution in [0.2, 0.25) is 0 Å². The van der Waals surface area contributed by atoms with Crippen molar-refractivity contribution in [2.45, 2.75) is 64.1 Å². The number of hydrogen-bond donors (Lipinski definition) is 0. The molecule has 1 atom stereocenters. The zero-order valence-corrected chi connectivity index (χ0v) is 20.8. The van der Waals surface area contributed by atoms with Crippen LogP contribution in [0.5, 0.6) is 11.5 Å². The second-order valence-corrected chi connectivity index (χ2v) is 10.5. The number of carbonyl (C=O) groups is 1. The fourth-order valence-electron chi connectivity index (χ4n) is 6.91. The largest absolute Gasteiger partial charge is 0.467 e. The van der Waals surface area contributed by atoms with Gasteiger partial charge in [-0.05, 0) is 87.5 Å². The van der Waals surface area contributed by atoms with E-state index < -0.39 is 0 Å². The van der Waals surface area contributed by atoms with E-state index in [2.05, 4.69) is 11.8 Å². The van der Waals surface area contributed by atoms with Gasteiger partial charge in [0.05, 0.1) is 5.56 Å². The lowest BCUT2D eigenvalue weighted by Gasteiger charge is -2.57. The fraction of sp³-hybridized carbons (Fsp3) is 0.500. The van der Waals surface area contributed by atoms with Gasteiger partial charge < -0.3 is 18.9 Å². The molecule has 0 aliphatic heterocycles. The van der Waals surface area contributed by atoms with E-state index in [1.54, 1.807) is 13.2 Å². The Morgan fingerprint density at radius 3 is 2.20 bits per heavy atom. The highest BCUT2D eigenvalue weighted by molar-refractivity contribution is 5.72. The highest BCUT2D eigenvalue weighted by atomic mass is 16.7. The van der Waals surface area contributed by atoms with Gasteiger partial charge in [-0.15, -0.1) is 0 Å². The van der Waals surface area contributed by atoms with Crippen LogP contribution in [0.25, 0.3) is 0 Å². The molecule has 4 bridgehead atoms. The number of benzene rings is 2. The summed E-state index contributed by atoms with van der Waals surface area (Å²) in [6.07, 6.45) is 7.03. The Balaban J connectivity index is 1.63. The number of carbonyl (C=O) groups excluding carboxylic acids is 1. The van der Waals surface area contributed by atoms with E-state index in [4.69, 9.17) is 18.9 Å². The number of hydrogen-bond acceptors (Lipinski definition) is 5. The Morgan fingerprint density at radius 2 is 1.60 bits per heavy atom. The summed E-state index contributed by atoms with van der Waals surface area (Å²) in [4.78, 5) is 12.0. The number of ether oxygens (including phenoxy) is 4. The molecule has 6 rings (SSSR count). The third-order valence-corrected chi connectivity index (χ3v) is 7.91. The minimum atomic E-state index is -0.365. The van der Waals surface area contributed by atoms with Crippen LogP contribution < -0.4 is 9.47 Å². The lowest BCUT2D eigenvalue weighted by Crippen LogP contribution is -2.49. The molecule has 5 nitrogen and oxygen atoms in total. The first-order valence-corrected chi connectivity index (χ1v) is 12.7. The van der Waals surface area contributed by atoms with E-state index >= 15 is 0 Å². The summed E-state index contributed by atoms with van der Waals surface area (Å²) in [6, 6.07) is 13.6. The van der Waals surface area contributed by atoms with Gasteiger partial charge in [0.15, 0.2) is 13.1 Å². The summed E-state index contributed by atoms with van der Waals surface area (Å²) < 4.78 is 22.8. The van der Waals surface area contributed by atoms with Crippen molar-refractivity contribution in [3.8, 4) is 23.3 Å². The van der Waals surface area contributed by atoms with Crippen LogP contribution in [0.1, 0.15) is 69.1 Å². The monoisotopic (exact) mass is 474 g/mol. The molecule has 0 saturated heterocycles. The van der Waals surface area contributed by atoms with E-state index in [0.717, 1.165) is 59.5 Å². The third kappa shape index (κ3) is 5.10. The molecule has 0 radical (unpaired) electrons. The lowest BCUT2D eigenvalue weighted by molar-refractivity contribution is -0.150. The van der Waals surface area contributed by atoms with Crippen LogP contribution in [-0.2, 0) is 19.7 Å². The molecule has 4 aliphatic carbocycles. The molecule has 4 fully saturated rings. The van der Waals surface area contributed by atoms with Crippen LogP contribution in [0.4, 0.5) is 0 Å². The quantitative estimate of drug-likeness (QED) is 0.219. The van der Waals surface area contributed by atoms with Gasteiger partial charge in [-0.3, -0.25) is 4.79 Å². The van der Waals surface area contributed by atoms with E-state index in [1.807, 2.05) is 43.3 Å². The van der Waals surface area contributed by atoms with E-state index in [9.17, 15) is 4.79 Å². The summed E-state index contributed by atoms with van der Waals surface area (Å²) in [6.45, 7) is 3.35. The van der Waals surface area contributed by atoms with Gasteiger partial charge in [0.2, 0.25) is 0 Å². The molecule has 35 heavy (non-hydrogen) atoms. The first-order valence-electron chi connectivity index (χ1n) is 12.7. The van der Waals surface area contributed by atoms with Crippen molar-refractivity contribution >= 4 is 5.97 Å². The molecule has 184 valence electrons. The molecule has 4 saturated carbocycles. The van der Waals surface area contributed by atoms with Crippen molar-refractivity contribution in [2.75, 3.05) is 13.9 Å². The van der Waals surface area contributed by atoms with E-state index in [-0.39, 0.29) is 24.5 Å². The molecule has 2 aromatic rings. The van der Waals surface area contributed by atoms with Crippen LogP contribution in [0.3, 0.4) is 0 Å². The molecule has 5 heteroatoms. The normalized spacial score (nSPS) is 27.1. The van der Waals surface area contributed by atoms with Gasteiger partial charge in [-0.2, -0.15) is 0 Å².